The number of alkyl halides is 3. The standard InChI is InChI=1S/C13H12F3N3OS/c14-13(15,16)7-1-3-10-9(5-7)19-12(21-10)17-6-8-2-4-11(20)18-8/h1,3,5,8H,2,4,6H2,(H,17,19)(H,18,20). The zero-order chi connectivity index (χ0) is 15.0. The first-order valence-corrected chi connectivity index (χ1v) is 7.24. The number of halogens is 3. The van der Waals surface area contributed by atoms with Crippen LogP contribution in [0.4, 0.5) is 18.3 Å². The van der Waals surface area contributed by atoms with Gasteiger partial charge in [-0.1, -0.05) is 11.3 Å². The van der Waals surface area contributed by atoms with Gasteiger partial charge in [-0.15, -0.1) is 0 Å². The van der Waals surface area contributed by atoms with Gasteiger partial charge in [-0.25, -0.2) is 4.98 Å². The second kappa shape index (κ2) is 5.18. The number of nitrogens with zero attached hydrogens (tertiary/aromatic N) is 1. The van der Waals surface area contributed by atoms with E-state index < -0.39 is 11.7 Å². The Morgan fingerprint density at radius 1 is 1.43 bits per heavy atom. The predicted molar refractivity (Wildman–Crippen MR) is 74.3 cm³/mol. The summed E-state index contributed by atoms with van der Waals surface area (Å²) in [5.74, 6) is 0.0286. The molecule has 0 radical (unpaired) electrons. The molecule has 8 heteroatoms. The first-order valence-electron chi connectivity index (χ1n) is 6.43. The molecule has 2 N–H and O–H groups in total. The Kier molecular flexibility index (Phi) is 3.48. The van der Waals surface area contributed by atoms with E-state index in [4.69, 9.17) is 0 Å². The lowest BCUT2D eigenvalue weighted by molar-refractivity contribution is -0.137. The summed E-state index contributed by atoms with van der Waals surface area (Å²) in [6, 6.07) is 3.59. The van der Waals surface area contributed by atoms with Crippen molar-refractivity contribution >= 4 is 32.6 Å². The van der Waals surface area contributed by atoms with Crippen molar-refractivity contribution in [3.63, 3.8) is 0 Å². The molecule has 1 amide bonds. The van der Waals surface area contributed by atoms with Crippen molar-refractivity contribution in [1.29, 1.82) is 0 Å². The summed E-state index contributed by atoms with van der Waals surface area (Å²) in [5.41, 5.74) is -0.373. The topological polar surface area (TPSA) is 54.0 Å². The van der Waals surface area contributed by atoms with Gasteiger partial charge in [0.25, 0.3) is 0 Å². The van der Waals surface area contributed by atoms with Crippen LogP contribution in [0.3, 0.4) is 0 Å². The summed E-state index contributed by atoms with van der Waals surface area (Å²) in [5, 5.41) is 6.44. The van der Waals surface area contributed by atoms with Gasteiger partial charge in [0.2, 0.25) is 5.91 Å². The number of benzene rings is 1. The number of nitrogens with one attached hydrogen (secondary N) is 2. The summed E-state index contributed by atoms with van der Waals surface area (Å²) in [6.07, 6.45) is -3.09. The first-order chi connectivity index (χ1) is 9.91. The number of hydrogen-bond donors (Lipinski definition) is 2. The molecule has 0 saturated carbocycles. The lowest BCUT2D eigenvalue weighted by Crippen LogP contribution is -2.31. The maximum absolute atomic E-state index is 12.6. The van der Waals surface area contributed by atoms with E-state index in [-0.39, 0.29) is 11.9 Å². The zero-order valence-corrected chi connectivity index (χ0v) is 11.6. The molecule has 3 rings (SSSR count). The number of hydrogen-bond acceptors (Lipinski definition) is 4. The van der Waals surface area contributed by atoms with Crippen LogP contribution < -0.4 is 10.6 Å². The minimum atomic E-state index is -4.36. The molecule has 1 unspecified atom stereocenters. The maximum Gasteiger partial charge on any atom is 0.416 e. The Bertz CT molecular complexity index is 683. The van der Waals surface area contributed by atoms with Crippen molar-refractivity contribution in [2.45, 2.75) is 25.1 Å². The molecule has 1 fully saturated rings. The molecule has 1 aromatic heterocycles. The van der Waals surface area contributed by atoms with Gasteiger partial charge in [0.1, 0.15) is 0 Å². The summed E-state index contributed by atoms with van der Waals surface area (Å²) >= 11 is 1.30. The molecule has 2 heterocycles. The second-order valence-electron chi connectivity index (χ2n) is 4.88. The lowest BCUT2D eigenvalue weighted by Gasteiger charge is -2.09. The van der Waals surface area contributed by atoms with Crippen LogP contribution in [-0.4, -0.2) is 23.5 Å². The molecule has 112 valence electrons. The van der Waals surface area contributed by atoms with Crippen LogP contribution in [0.2, 0.25) is 0 Å². The number of amides is 1. The third-order valence-corrected chi connectivity index (χ3v) is 4.29. The fraction of sp³-hybridized carbons (Fsp3) is 0.385. The Labute approximate surface area is 122 Å². The average molecular weight is 315 g/mol. The van der Waals surface area contributed by atoms with E-state index in [2.05, 4.69) is 15.6 Å². The van der Waals surface area contributed by atoms with E-state index >= 15 is 0 Å². The Morgan fingerprint density at radius 3 is 2.90 bits per heavy atom. The average Bonchev–Trinajstić information content (AvgIpc) is 2.99. The van der Waals surface area contributed by atoms with E-state index in [1.54, 1.807) is 0 Å². The number of fused-ring (bicyclic) bond motifs is 1. The van der Waals surface area contributed by atoms with Gasteiger partial charge in [-0.05, 0) is 24.6 Å². The SMILES string of the molecule is O=C1CCC(CNc2nc3cc(C(F)(F)F)ccc3s2)N1. The maximum atomic E-state index is 12.6. The largest absolute Gasteiger partial charge is 0.416 e. The fourth-order valence-corrected chi connectivity index (χ4v) is 3.07. The van der Waals surface area contributed by atoms with Gasteiger partial charge in [0.05, 0.1) is 15.8 Å². The highest BCUT2D eigenvalue weighted by Crippen LogP contribution is 2.33. The van der Waals surface area contributed by atoms with E-state index in [1.807, 2.05) is 0 Å². The van der Waals surface area contributed by atoms with E-state index in [0.29, 0.717) is 28.3 Å². The van der Waals surface area contributed by atoms with Crippen molar-refractivity contribution in [3.8, 4) is 0 Å². The molecule has 1 aliphatic rings. The van der Waals surface area contributed by atoms with E-state index in [9.17, 15) is 18.0 Å². The molecular weight excluding hydrogens is 303 g/mol. The molecule has 1 saturated heterocycles. The number of anilines is 1. The molecule has 1 aromatic carbocycles. The van der Waals surface area contributed by atoms with Crippen LogP contribution in [0.5, 0.6) is 0 Å². The van der Waals surface area contributed by atoms with Crippen molar-refractivity contribution in [3.05, 3.63) is 23.8 Å². The van der Waals surface area contributed by atoms with Gasteiger partial charge >= 0.3 is 6.18 Å². The second-order valence-corrected chi connectivity index (χ2v) is 5.91. The highest BCUT2D eigenvalue weighted by molar-refractivity contribution is 7.22. The third-order valence-electron chi connectivity index (χ3n) is 3.30. The fourth-order valence-electron chi connectivity index (χ4n) is 2.22. The first kappa shape index (κ1) is 14.1. The van der Waals surface area contributed by atoms with E-state index in [0.717, 1.165) is 18.6 Å². The molecule has 1 aliphatic heterocycles. The number of carbonyl (C=O) groups is 1. The van der Waals surface area contributed by atoms with Crippen molar-refractivity contribution in [1.82, 2.24) is 10.3 Å². The molecule has 0 spiro atoms. The van der Waals surface area contributed by atoms with Crippen molar-refractivity contribution in [2.24, 2.45) is 0 Å². The lowest BCUT2D eigenvalue weighted by atomic mass is 10.2. The molecule has 4 nitrogen and oxygen atoms in total. The van der Waals surface area contributed by atoms with Gasteiger partial charge in [0, 0.05) is 19.0 Å². The molecule has 2 aromatic rings. The monoisotopic (exact) mass is 315 g/mol. The number of carbonyl (C=O) groups excluding carboxylic acids is 1. The van der Waals surface area contributed by atoms with Crippen LogP contribution in [0.25, 0.3) is 10.2 Å². The molecule has 21 heavy (non-hydrogen) atoms. The van der Waals surface area contributed by atoms with Gasteiger partial charge in [-0.3, -0.25) is 4.79 Å². The number of rotatable bonds is 3. The van der Waals surface area contributed by atoms with Crippen LogP contribution in [0, 0.1) is 0 Å². The van der Waals surface area contributed by atoms with Gasteiger partial charge in [-0.2, -0.15) is 13.2 Å². The zero-order valence-electron chi connectivity index (χ0n) is 10.8. The van der Waals surface area contributed by atoms with Crippen LogP contribution in [-0.2, 0) is 11.0 Å². The molecular formula is C13H12F3N3OS. The van der Waals surface area contributed by atoms with Crippen molar-refractivity contribution < 1.29 is 18.0 Å². The normalized spacial score (nSPS) is 19.0. The van der Waals surface area contributed by atoms with Gasteiger partial charge in [0.15, 0.2) is 5.13 Å². The smallest absolute Gasteiger partial charge is 0.359 e. The number of aromatic nitrogens is 1. The molecule has 0 aliphatic carbocycles. The summed E-state index contributed by atoms with van der Waals surface area (Å²) < 4.78 is 38.6. The number of thiazole rings is 1. The minimum Gasteiger partial charge on any atom is -0.359 e. The molecule has 1 atom stereocenters. The Balaban J connectivity index is 1.73. The molecule has 0 bridgehead atoms. The van der Waals surface area contributed by atoms with Crippen LogP contribution in [0.1, 0.15) is 18.4 Å². The third kappa shape index (κ3) is 3.10. The summed E-state index contributed by atoms with van der Waals surface area (Å²) in [4.78, 5) is 15.2. The van der Waals surface area contributed by atoms with E-state index in [1.165, 1.54) is 17.4 Å². The Morgan fingerprint density at radius 2 is 2.24 bits per heavy atom. The summed E-state index contributed by atoms with van der Waals surface area (Å²) in [6.45, 7) is 0.525. The highest BCUT2D eigenvalue weighted by atomic mass is 32.1. The van der Waals surface area contributed by atoms with Crippen LogP contribution >= 0.6 is 11.3 Å². The summed E-state index contributed by atoms with van der Waals surface area (Å²) in [7, 11) is 0. The van der Waals surface area contributed by atoms with Crippen molar-refractivity contribution in [2.75, 3.05) is 11.9 Å². The van der Waals surface area contributed by atoms with Gasteiger partial charge < -0.3 is 10.6 Å². The quantitative estimate of drug-likeness (QED) is 0.915. The highest BCUT2D eigenvalue weighted by Gasteiger charge is 2.30. The predicted octanol–water partition coefficient (Wildman–Crippen LogP) is 3.01. The Hall–Kier alpha value is -1.83. The van der Waals surface area contributed by atoms with Crippen LogP contribution in [0.15, 0.2) is 18.2 Å². The minimum absolute atomic E-state index is 0.0286.